The van der Waals surface area contributed by atoms with Crippen molar-refractivity contribution in [3.8, 4) is 17.2 Å². The van der Waals surface area contributed by atoms with Crippen LogP contribution >= 0.6 is 0 Å². The number of ether oxygens (including phenoxy) is 2. The fourth-order valence-corrected chi connectivity index (χ4v) is 3.61. The lowest BCUT2D eigenvalue weighted by atomic mass is 10.1. The van der Waals surface area contributed by atoms with E-state index in [2.05, 4.69) is 10.3 Å². The van der Waals surface area contributed by atoms with E-state index in [0.29, 0.717) is 12.2 Å². The fraction of sp³-hybridized carbons (Fsp3) is 0.348. The molecule has 1 heterocycles. The standard InChI is InChI=1S/C23H26N4O3/c1-15-6-5-7-19(12-15)27-16(2)22(24-25-27)23(28)26(18-8-9-18)14-17-13-20(29-3)10-11-21(17)30-4/h5-7,10-13,18H,8-9,14H2,1-4H3. The van der Waals surface area contributed by atoms with Crippen molar-refractivity contribution >= 4 is 5.91 Å². The third-order valence-corrected chi connectivity index (χ3v) is 5.42. The van der Waals surface area contributed by atoms with Gasteiger partial charge in [0.2, 0.25) is 0 Å². The number of aromatic nitrogens is 3. The molecule has 0 atom stereocenters. The minimum absolute atomic E-state index is 0.112. The van der Waals surface area contributed by atoms with E-state index in [1.54, 1.807) is 18.9 Å². The summed E-state index contributed by atoms with van der Waals surface area (Å²) in [6.45, 7) is 4.34. The summed E-state index contributed by atoms with van der Waals surface area (Å²) in [5.74, 6) is 1.35. The molecule has 0 radical (unpaired) electrons. The van der Waals surface area contributed by atoms with Gasteiger partial charge in [0.15, 0.2) is 5.69 Å². The first-order valence-electron chi connectivity index (χ1n) is 10.0. The van der Waals surface area contributed by atoms with Crippen LogP contribution in [0.15, 0.2) is 42.5 Å². The second-order valence-corrected chi connectivity index (χ2v) is 7.62. The quantitative estimate of drug-likeness (QED) is 0.598. The molecular weight excluding hydrogens is 380 g/mol. The number of rotatable bonds is 7. The van der Waals surface area contributed by atoms with Crippen molar-refractivity contribution in [3.05, 3.63) is 65.0 Å². The third-order valence-electron chi connectivity index (χ3n) is 5.42. The molecule has 0 spiro atoms. The largest absolute Gasteiger partial charge is 0.497 e. The van der Waals surface area contributed by atoms with E-state index in [0.717, 1.165) is 46.8 Å². The molecule has 3 aromatic rings. The number of hydrogen-bond acceptors (Lipinski definition) is 5. The maximum absolute atomic E-state index is 13.5. The molecule has 1 amide bonds. The van der Waals surface area contributed by atoms with Crippen LogP contribution < -0.4 is 9.47 Å². The normalized spacial score (nSPS) is 13.2. The summed E-state index contributed by atoms with van der Waals surface area (Å²) in [6, 6.07) is 13.8. The summed E-state index contributed by atoms with van der Waals surface area (Å²) < 4.78 is 12.6. The van der Waals surface area contributed by atoms with Crippen molar-refractivity contribution in [2.24, 2.45) is 0 Å². The van der Waals surface area contributed by atoms with Crippen molar-refractivity contribution in [2.45, 2.75) is 39.3 Å². The molecule has 7 heteroatoms. The highest BCUT2D eigenvalue weighted by Gasteiger charge is 2.35. The number of amides is 1. The van der Waals surface area contributed by atoms with E-state index in [9.17, 15) is 4.79 Å². The fourth-order valence-electron chi connectivity index (χ4n) is 3.61. The summed E-state index contributed by atoms with van der Waals surface area (Å²) in [7, 11) is 3.26. The Morgan fingerprint density at radius 2 is 1.93 bits per heavy atom. The molecule has 0 aliphatic heterocycles. The van der Waals surface area contributed by atoms with Gasteiger partial charge in [-0.15, -0.1) is 5.10 Å². The predicted molar refractivity (Wildman–Crippen MR) is 113 cm³/mol. The highest BCUT2D eigenvalue weighted by molar-refractivity contribution is 5.93. The summed E-state index contributed by atoms with van der Waals surface area (Å²) >= 11 is 0. The Bertz CT molecular complexity index is 1070. The van der Waals surface area contributed by atoms with Gasteiger partial charge in [0, 0.05) is 11.6 Å². The first-order chi connectivity index (χ1) is 14.5. The van der Waals surface area contributed by atoms with Crippen LogP contribution in [0.1, 0.15) is 40.2 Å². The van der Waals surface area contributed by atoms with Crippen molar-refractivity contribution < 1.29 is 14.3 Å². The molecule has 0 N–H and O–H groups in total. The number of carbonyl (C=O) groups is 1. The SMILES string of the molecule is COc1ccc(OC)c(CN(C(=O)c2nnn(-c3cccc(C)c3)c2C)C2CC2)c1. The average molecular weight is 406 g/mol. The van der Waals surface area contributed by atoms with Gasteiger partial charge in [0.1, 0.15) is 11.5 Å². The zero-order valence-corrected chi connectivity index (χ0v) is 17.8. The molecule has 0 unspecified atom stereocenters. The van der Waals surface area contributed by atoms with Crippen LogP contribution in [0.25, 0.3) is 5.69 Å². The van der Waals surface area contributed by atoms with Gasteiger partial charge in [0.05, 0.1) is 32.1 Å². The van der Waals surface area contributed by atoms with E-state index in [1.807, 2.05) is 61.2 Å². The van der Waals surface area contributed by atoms with E-state index >= 15 is 0 Å². The average Bonchev–Trinajstić information content (AvgIpc) is 3.52. The number of benzene rings is 2. The van der Waals surface area contributed by atoms with E-state index in [1.165, 1.54) is 0 Å². The van der Waals surface area contributed by atoms with Crippen molar-refractivity contribution in [1.82, 2.24) is 19.9 Å². The molecule has 1 fully saturated rings. The smallest absolute Gasteiger partial charge is 0.276 e. The Labute approximate surface area is 176 Å². The number of hydrogen-bond donors (Lipinski definition) is 0. The summed E-state index contributed by atoms with van der Waals surface area (Å²) in [5.41, 5.74) is 4.03. The highest BCUT2D eigenvalue weighted by atomic mass is 16.5. The molecule has 30 heavy (non-hydrogen) atoms. The Hall–Kier alpha value is -3.35. The van der Waals surface area contributed by atoms with Crippen LogP contribution in [0.2, 0.25) is 0 Å². The van der Waals surface area contributed by atoms with Gasteiger partial charge in [-0.05, 0) is 62.6 Å². The lowest BCUT2D eigenvalue weighted by Crippen LogP contribution is -2.33. The van der Waals surface area contributed by atoms with Crippen LogP contribution in [-0.2, 0) is 6.54 Å². The molecule has 156 valence electrons. The van der Waals surface area contributed by atoms with Crippen LogP contribution in [0, 0.1) is 13.8 Å². The second-order valence-electron chi connectivity index (χ2n) is 7.62. The Balaban J connectivity index is 1.64. The molecule has 2 aromatic carbocycles. The van der Waals surface area contributed by atoms with Crippen LogP contribution in [0.5, 0.6) is 11.5 Å². The topological polar surface area (TPSA) is 69.5 Å². The molecule has 1 aliphatic carbocycles. The summed E-state index contributed by atoms with van der Waals surface area (Å²) in [4.78, 5) is 15.3. The van der Waals surface area contributed by atoms with Gasteiger partial charge in [-0.1, -0.05) is 17.3 Å². The molecular formula is C23H26N4O3. The molecule has 7 nitrogen and oxygen atoms in total. The van der Waals surface area contributed by atoms with Gasteiger partial charge in [-0.25, -0.2) is 4.68 Å². The zero-order valence-electron chi connectivity index (χ0n) is 17.8. The highest BCUT2D eigenvalue weighted by Crippen LogP contribution is 2.33. The number of aryl methyl sites for hydroxylation is 1. The van der Waals surface area contributed by atoms with Crippen molar-refractivity contribution in [3.63, 3.8) is 0 Å². The summed E-state index contributed by atoms with van der Waals surface area (Å²) in [6.07, 6.45) is 1.98. The van der Waals surface area contributed by atoms with Crippen molar-refractivity contribution in [2.75, 3.05) is 14.2 Å². The first kappa shape index (κ1) is 19.9. The maximum atomic E-state index is 13.5. The van der Waals surface area contributed by atoms with Gasteiger partial charge in [-0.2, -0.15) is 0 Å². The van der Waals surface area contributed by atoms with Gasteiger partial charge < -0.3 is 14.4 Å². The minimum Gasteiger partial charge on any atom is -0.497 e. The molecule has 4 rings (SSSR count). The third kappa shape index (κ3) is 3.87. The van der Waals surface area contributed by atoms with Gasteiger partial charge in [-0.3, -0.25) is 4.79 Å². The lowest BCUT2D eigenvalue weighted by Gasteiger charge is -2.23. The Kier molecular flexibility index (Phi) is 5.44. The van der Waals surface area contributed by atoms with E-state index in [-0.39, 0.29) is 11.9 Å². The Morgan fingerprint density at radius 1 is 1.13 bits per heavy atom. The van der Waals surface area contributed by atoms with E-state index in [4.69, 9.17) is 9.47 Å². The first-order valence-corrected chi connectivity index (χ1v) is 10.0. The summed E-state index contributed by atoms with van der Waals surface area (Å²) in [5, 5.41) is 8.49. The number of carbonyl (C=O) groups excluding carboxylic acids is 1. The molecule has 1 aromatic heterocycles. The van der Waals surface area contributed by atoms with Crippen LogP contribution in [0.3, 0.4) is 0 Å². The second kappa shape index (κ2) is 8.18. The van der Waals surface area contributed by atoms with Crippen molar-refractivity contribution in [1.29, 1.82) is 0 Å². The molecule has 1 saturated carbocycles. The minimum atomic E-state index is -0.112. The lowest BCUT2D eigenvalue weighted by molar-refractivity contribution is 0.0721. The zero-order chi connectivity index (χ0) is 21.3. The van der Waals surface area contributed by atoms with Gasteiger partial charge in [0.25, 0.3) is 5.91 Å². The molecule has 1 aliphatic rings. The molecule has 0 saturated heterocycles. The monoisotopic (exact) mass is 406 g/mol. The number of nitrogens with zero attached hydrogens (tertiary/aromatic N) is 4. The van der Waals surface area contributed by atoms with Crippen LogP contribution in [-0.4, -0.2) is 46.1 Å². The van der Waals surface area contributed by atoms with E-state index < -0.39 is 0 Å². The predicted octanol–water partition coefficient (Wildman–Crippen LogP) is 3.71. The maximum Gasteiger partial charge on any atom is 0.276 e. The van der Waals surface area contributed by atoms with Gasteiger partial charge >= 0.3 is 0 Å². The molecule has 0 bridgehead atoms. The van der Waals surface area contributed by atoms with Crippen LogP contribution in [0.4, 0.5) is 0 Å². The number of methoxy groups -OCH3 is 2. The Morgan fingerprint density at radius 3 is 2.60 bits per heavy atom.